The summed E-state index contributed by atoms with van der Waals surface area (Å²) in [6.45, 7) is 2.91. The number of anilines is 1. The summed E-state index contributed by atoms with van der Waals surface area (Å²) in [6.07, 6.45) is 3.03. The van der Waals surface area contributed by atoms with E-state index in [0.717, 1.165) is 24.7 Å². The molecule has 0 spiro atoms. The van der Waals surface area contributed by atoms with Crippen molar-refractivity contribution in [2.45, 2.75) is 25.3 Å². The lowest BCUT2D eigenvalue weighted by molar-refractivity contribution is -0.115. The van der Waals surface area contributed by atoms with Crippen LogP contribution in [0.15, 0.2) is 35.4 Å². The second-order valence-corrected chi connectivity index (χ2v) is 6.88. The minimum Gasteiger partial charge on any atom is -0.381 e. The Morgan fingerprint density at radius 3 is 2.76 bits per heavy atom. The topological polar surface area (TPSA) is 145 Å². The lowest BCUT2D eigenvalue weighted by Crippen LogP contribution is -2.61. The maximum atomic E-state index is 12.3. The standard InChI is InChI=1S/C19H26N6O4/c1-19(24-18(28)22-13-26,14-6-5-9-29-11-14)12-21-17(27)16(20)10-23-25-15-7-3-2-4-8-15/h2-4,7-8,10,13-14,20,25H,5-6,9,11-12H2,1H3,(H,21,27)(H2,22,24,26,28)/b20-16?,23-10-. The van der Waals surface area contributed by atoms with Gasteiger partial charge in [0.2, 0.25) is 6.41 Å². The lowest BCUT2D eigenvalue weighted by atomic mass is 9.81. The Morgan fingerprint density at radius 2 is 2.10 bits per heavy atom. The number of nitrogens with one attached hydrogen (secondary N) is 5. The normalized spacial score (nSPS) is 18.3. The first-order chi connectivity index (χ1) is 13.9. The van der Waals surface area contributed by atoms with Crippen LogP contribution in [-0.4, -0.2) is 55.6 Å². The minimum atomic E-state index is -0.858. The number of hydrogen-bond acceptors (Lipinski definition) is 7. The van der Waals surface area contributed by atoms with Crippen LogP contribution in [0.5, 0.6) is 0 Å². The maximum absolute atomic E-state index is 12.3. The molecule has 2 atom stereocenters. The molecule has 1 aliphatic rings. The molecule has 1 aromatic carbocycles. The number of nitrogens with zero attached hydrogens (tertiary/aromatic N) is 1. The van der Waals surface area contributed by atoms with E-state index in [1.54, 1.807) is 19.1 Å². The number of para-hydroxylation sites is 1. The number of amides is 4. The Kier molecular flexibility index (Phi) is 8.28. The summed E-state index contributed by atoms with van der Waals surface area (Å²) < 4.78 is 5.49. The zero-order chi connectivity index (χ0) is 21.1. The molecule has 1 fully saturated rings. The third kappa shape index (κ3) is 7.00. The number of carbonyl (C=O) groups is 3. The van der Waals surface area contributed by atoms with Crippen molar-refractivity contribution in [1.82, 2.24) is 16.0 Å². The summed E-state index contributed by atoms with van der Waals surface area (Å²) >= 11 is 0. The molecule has 0 bridgehead atoms. The van der Waals surface area contributed by atoms with Gasteiger partial charge in [-0.25, -0.2) is 4.79 Å². The zero-order valence-electron chi connectivity index (χ0n) is 16.2. The number of hydrogen-bond donors (Lipinski definition) is 5. The van der Waals surface area contributed by atoms with Gasteiger partial charge in [0.25, 0.3) is 5.91 Å². The van der Waals surface area contributed by atoms with E-state index in [2.05, 4.69) is 21.2 Å². The van der Waals surface area contributed by atoms with E-state index in [1.165, 1.54) is 0 Å². The molecular formula is C19H26N6O4. The second kappa shape index (κ2) is 10.9. The van der Waals surface area contributed by atoms with Gasteiger partial charge in [-0.1, -0.05) is 18.2 Å². The maximum Gasteiger partial charge on any atom is 0.321 e. The van der Waals surface area contributed by atoms with Gasteiger partial charge in [0.15, 0.2) is 0 Å². The van der Waals surface area contributed by atoms with Crippen molar-refractivity contribution in [3.63, 3.8) is 0 Å². The van der Waals surface area contributed by atoms with E-state index in [0.29, 0.717) is 13.2 Å². The van der Waals surface area contributed by atoms with Crippen LogP contribution >= 0.6 is 0 Å². The predicted octanol–water partition coefficient (Wildman–Crippen LogP) is 0.861. The molecule has 156 valence electrons. The first-order valence-corrected chi connectivity index (χ1v) is 9.25. The number of benzene rings is 1. The summed E-state index contributed by atoms with van der Waals surface area (Å²) in [5.74, 6) is -0.694. The molecule has 0 radical (unpaired) electrons. The first kappa shape index (κ1) is 22.0. The van der Waals surface area contributed by atoms with E-state index in [9.17, 15) is 14.4 Å². The average Bonchev–Trinajstić information content (AvgIpc) is 2.73. The van der Waals surface area contributed by atoms with Crippen LogP contribution in [0.2, 0.25) is 0 Å². The monoisotopic (exact) mass is 402 g/mol. The van der Waals surface area contributed by atoms with Crippen molar-refractivity contribution in [3.05, 3.63) is 30.3 Å². The number of imide groups is 1. The van der Waals surface area contributed by atoms with Gasteiger partial charge >= 0.3 is 6.03 Å². The van der Waals surface area contributed by atoms with Gasteiger partial charge < -0.3 is 15.4 Å². The van der Waals surface area contributed by atoms with E-state index in [1.807, 2.05) is 23.5 Å². The van der Waals surface area contributed by atoms with Crippen LogP contribution in [-0.2, 0) is 14.3 Å². The summed E-state index contributed by atoms with van der Waals surface area (Å²) in [7, 11) is 0. The van der Waals surface area contributed by atoms with Crippen molar-refractivity contribution in [2.24, 2.45) is 11.0 Å². The molecule has 10 nitrogen and oxygen atoms in total. The van der Waals surface area contributed by atoms with E-state index >= 15 is 0 Å². The fraction of sp³-hybridized carbons (Fsp3) is 0.421. The number of carbonyl (C=O) groups excluding carboxylic acids is 3. The predicted molar refractivity (Wildman–Crippen MR) is 109 cm³/mol. The third-order valence-electron chi connectivity index (χ3n) is 4.67. The number of rotatable bonds is 9. The molecule has 29 heavy (non-hydrogen) atoms. The average molecular weight is 402 g/mol. The SMILES string of the molecule is CC(CNC(=O)C(=N)/C=N\Nc1ccccc1)(NC(=O)NC=O)C1CCCOC1. The fourth-order valence-electron chi connectivity index (χ4n) is 2.98. The van der Waals surface area contributed by atoms with Crippen LogP contribution in [0.3, 0.4) is 0 Å². The highest BCUT2D eigenvalue weighted by Gasteiger charge is 2.37. The highest BCUT2D eigenvalue weighted by Crippen LogP contribution is 2.25. The Hall–Kier alpha value is -3.27. The molecule has 1 saturated heterocycles. The summed E-state index contributed by atoms with van der Waals surface area (Å²) in [6, 6.07) is 8.47. The van der Waals surface area contributed by atoms with E-state index in [-0.39, 0.29) is 24.6 Å². The Morgan fingerprint density at radius 1 is 1.34 bits per heavy atom. The molecule has 0 saturated carbocycles. The minimum absolute atomic E-state index is 0.0587. The van der Waals surface area contributed by atoms with Gasteiger partial charge in [-0.15, -0.1) is 0 Å². The fourth-order valence-corrected chi connectivity index (χ4v) is 2.98. The van der Waals surface area contributed by atoms with Gasteiger partial charge in [0, 0.05) is 19.1 Å². The molecular weight excluding hydrogens is 376 g/mol. The van der Waals surface area contributed by atoms with Gasteiger partial charge in [-0.05, 0) is 31.9 Å². The molecule has 5 N–H and O–H groups in total. The van der Waals surface area contributed by atoms with Crippen molar-refractivity contribution < 1.29 is 19.1 Å². The van der Waals surface area contributed by atoms with Gasteiger partial charge in [-0.2, -0.15) is 5.10 Å². The largest absolute Gasteiger partial charge is 0.381 e. The summed E-state index contributed by atoms with van der Waals surface area (Å²) in [5.41, 5.74) is 2.26. The van der Waals surface area contributed by atoms with Gasteiger partial charge in [0.05, 0.1) is 24.0 Å². The van der Waals surface area contributed by atoms with Crippen molar-refractivity contribution >= 4 is 36.0 Å². The molecule has 0 aliphatic carbocycles. The second-order valence-electron chi connectivity index (χ2n) is 6.88. The first-order valence-electron chi connectivity index (χ1n) is 9.25. The quantitative estimate of drug-likeness (QED) is 0.236. The molecule has 2 unspecified atom stereocenters. The molecule has 10 heteroatoms. The number of ether oxygens (including phenoxy) is 1. The lowest BCUT2D eigenvalue weighted by Gasteiger charge is -2.40. The van der Waals surface area contributed by atoms with Crippen LogP contribution in [0.1, 0.15) is 19.8 Å². The summed E-state index contributed by atoms with van der Waals surface area (Å²) in [4.78, 5) is 34.7. The van der Waals surface area contributed by atoms with Gasteiger partial charge in [-0.3, -0.25) is 25.7 Å². The molecule has 4 amide bonds. The van der Waals surface area contributed by atoms with Crippen LogP contribution in [0, 0.1) is 11.3 Å². The molecule has 1 heterocycles. The van der Waals surface area contributed by atoms with Crippen molar-refractivity contribution in [3.8, 4) is 0 Å². The van der Waals surface area contributed by atoms with Gasteiger partial charge in [0.1, 0.15) is 5.71 Å². The number of urea groups is 1. The third-order valence-corrected chi connectivity index (χ3v) is 4.67. The summed E-state index contributed by atoms with van der Waals surface area (Å²) in [5, 5.41) is 19.1. The molecule has 1 aliphatic heterocycles. The highest BCUT2D eigenvalue weighted by molar-refractivity contribution is 6.59. The van der Waals surface area contributed by atoms with Crippen molar-refractivity contribution in [2.75, 3.05) is 25.2 Å². The smallest absolute Gasteiger partial charge is 0.321 e. The number of hydrazone groups is 1. The van der Waals surface area contributed by atoms with E-state index < -0.39 is 17.5 Å². The van der Waals surface area contributed by atoms with E-state index in [4.69, 9.17) is 10.1 Å². The molecule has 1 aromatic rings. The van der Waals surface area contributed by atoms with Crippen LogP contribution < -0.4 is 21.4 Å². The Balaban J connectivity index is 1.93. The molecule has 0 aromatic heterocycles. The Labute approximate surface area is 169 Å². The Bertz CT molecular complexity index is 748. The molecule has 2 rings (SSSR count). The van der Waals surface area contributed by atoms with Crippen LogP contribution in [0.4, 0.5) is 10.5 Å². The zero-order valence-corrected chi connectivity index (χ0v) is 16.2. The van der Waals surface area contributed by atoms with Crippen LogP contribution in [0.25, 0.3) is 0 Å². The van der Waals surface area contributed by atoms with Crippen molar-refractivity contribution in [1.29, 1.82) is 5.41 Å². The highest BCUT2D eigenvalue weighted by atomic mass is 16.5.